The molecule has 2 rings (SSSR count). The number of ether oxygens (including phenoxy) is 2. The van der Waals surface area contributed by atoms with Gasteiger partial charge in [0.05, 0.1) is 14.2 Å². The van der Waals surface area contributed by atoms with Gasteiger partial charge in [0.2, 0.25) is 0 Å². The summed E-state index contributed by atoms with van der Waals surface area (Å²) in [5.41, 5.74) is 2.12. The molecule has 0 N–H and O–H groups in total. The van der Waals surface area contributed by atoms with Gasteiger partial charge in [0, 0.05) is 12.3 Å². The van der Waals surface area contributed by atoms with Gasteiger partial charge in [-0.2, -0.15) is 0 Å². The van der Waals surface area contributed by atoms with E-state index in [0.717, 1.165) is 22.6 Å². The second kappa shape index (κ2) is 7.64. The summed E-state index contributed by atoms with van der Waals surface area (Å²) in [4.78, 5) is 12.4. The lowest BCUT2D eigenvalue weighted by Gasteiger charge is -2.16. The van der Waals surface area contributed by atoms with Crippen LogP contribution in [0.2, 0.25) is 0 Å². The second-order valence-corrected chi connectivity index (χ2v) is 5.20. The molecule has 0 heterocycles. The molecular formula is C19H22O3. The largest absolute Gasteiger partial charge is 0.497 e. The van der Waals surface area contributed by atoms with Crippen molar-refractivity contribution >= 4 is 5.78 Å². The molecule has 0 aromatic heterocycles. The van der Waals surface area contributed by atoms with Crippen molar-refractivity contribution in [1.29, 1.82) is 0 Å². The van der Waals surface area contributed by atoms with Gasteiger partial charge in [-0.15, -0.1) is 0 Å². The SMILES string of the molecule is CCC(=O)C(Cc1cccc(OC)c1)c1ccc(OC)cc1. The molecule has 0 aliphatic rings. The third-order valence-corrected chi connectivity index (χ3v) is 3.83. The lowest BCUT2D eigenvalue weighted by atomic mass is 9.87. The molecule has 22 heavy (non-hydrogen) atoms. The van der Waals surface area contributed by atoms with Crippen LogP contribution in [0, 0.1) is 0 Å². The molecule has 0 spiro atoms. The predicted octanol–water partition coefficient (Wildman–Crippen LogP) is 4.01. The van der Waals surface area contributed by atoms with Gasteiger partial charge in [0.15, 0.2) is 0 Å². The minimum Gasteiger partial charge on any atom is -0.497 e. The molecule has 2 aromatic carbocycles. The maximum absolute atomic E-state index is 12.4. The van der Waals surface area contributed by atoms with Crippen molar-refractivity contribution in [3.63, 3.8) is 0 Å². The molecule has 0 aliphatic carbocycles. The Hall–Kier alpha value is -2.29. The Morgan fingerprint density at radius 3 is 2.27 bits per heavy atom. The highest BCUT2D eigenvalue weighted by Crippen LogP contribution is 2.26. The topological polar surface area (TPSA) is 35.5 Å². The number of carbonyl (C=O) groups excluding carboxylic acids is 1. The van der Waals surface area contributed by atoms with Crippen LogP contribution in [-0.2, 0) is 11.2 Å². The van der Waals surface area contributed by atoms with E-state index in [0.29, 0.717) is 12.8 Å². The van der Waals surface area contributed by atoms with Crippen LogP contribution >= 0.6 is 0 Å². The molecule has 0 saturated carbocycles. The summed E-state index contributed by atoms with van der Waals surface area (Å²) in [6.45, 7) is 1.91. The molecule has 0 saturated heterocycles. The van der Waals surface area contributed by atoms with Crippen LogP contribution in [0.4, 0.5) is 0 Å². The van der Waals surface area contributed by atoms with Gasteiger partial charge >= 0.3 is 0 Å². The molecule has 0 radical (unpaired) electrons. The number of benzene rings is 2. The van der Waals surface area contributed by atoms with Crippen LogP contribution in [0.5, 0.6) is 11.5 Å². The van der Waals surface area contributed by atoms with Crippen molar-refractivity contribution in [2.45, 2.75) is 25.7 Å². The van der Waals surface area contributed by atoms with Gasteiger partial charge in [0.25, 0.3) is 0 Å². The van der Waals surface area contributed by atoms with Crippen molar-refractivity contribution in [3.8, 4) is 11.5 Å². The van der Waals surface area contributed by atoms with Crippen LogP contribution in [0.25, 0.3) is 0 Å². The standard InChI is InChI=1S/C19H22O3/c1-4-19(20)18(15-8-10-16(21-2)11-9-15)13-14-6-5-7-17(12-14)22-3/h5-12,18H,4,13H2,1-3H3. The predicted molar refractivity (Wildman–Crippen MR) is 87.7 cm³/mol. The fraction of sp³-hybridized carbons (Fsp3) is 0.316. The Labute approximate surface area is 131 Å². The third-order valence-electron chi connectivity index (χ3n) is 3.83. The number of Topliss-reactive ketones (excluding diaryl/α,β-unsaturated/α-hetero) is 1. The maximum atomic E-state index is 12.4. The summed E-state index contributed by atoms with van der Waals surface area (Å²) in [6.07, 6.45) is 1.21. The average Bonchev–Trinajstić information content (AvgIpc) is 2.59. The Morgan fingerprint density at radius 2 is 1.68 bits per heavy atom. The second-order valence-electron chi connectivity index (χ2n) is 5.20. The molecule has 1 atom stereocenters. The van der Waals surface area contributed by atoms with Crippen LogP contribution in [0.15, 0.2) is 48.5 Å². The number of ketones is 1. The summed E-state index contributed by atoms with van der Waals surface area (Å²) in [5.74, 6) is 1.72. The summed E-state index contributed by atoms with van der Waals surface area (Å²) in [5, 5.41) is 0. The molecule has 2 aromatic rings. The maximum Gasteiger partial charge on any atom is 0.140 e. The van der Waals surface area contributed by atoms with Gasteiger partial charge in [-0.1, -0.05) is 31.2 Å². The number of hydrogen-bond acceptors (Lipinski definition) is 3. The molecule has 0 aliphatic heterocycles. The van der Waals surface area contributed by atoms with Crippen molar-refractivity contribution in [1.82, 2.24) is 0 Å². The first-order valence-corrected chi connectivity index (χ1v) is 7.47. The summed E-state index contributed by atoms with van der Waals surface area (Å²) < 4.78 is 10.4. The Morgan fingerprint density at radius 1 is 1.00 bits per heavy atom. The minimum atomic E-state index is -0.136. The normalized spacial score (nSPS) is 11.8. The van der Waals surface area contributed by atoms with Crippen molar-refractivity contribution in [2.24, 2.45) is 0 Å². The van der Waals surface area contributed by atoms with Crippen LogP contribution in [0.1, 0.15) is 30.4 Å². The van der Waals surface area contributed by atoms with E-state index in [1.54, 1.807) is 14.2 Å². The fourth-order valence-corrected chi connectivity index (χ4v) is 2.54. The minimum absolute atomic E-state index is 0.136. The van der Waals surface area contributed by atoms with Gasteiger partial charge < -0.3 is 9.47 Å². The van der Waals surface area contributed by atoms with Crippen molar-refractivity contribution in [3.05, 3.63) is 59.7 Å². The first kappa shape index (κ1) is 16.1. The zero-order valence-corrected chi connectivity index (χ0v) is 13.3. The Bertz CT molecular complexity index is 617. The fourth-order valence-electron chi connectivity index (χ4n) is 2.54. The molecular weight excluding hydrogens is 276 g/mol. The van der Waals surface area contributed by atoms with Crippen molar-refractivity contribution in [2.75, 3.05) is 14.2 Å². The lowest BCUT2D eigenvalue weighted by Crippen LogP contribution is -2.14. The van der Waals surface area contributed by atoms with E-state index in [1.165, 1.54) is 0 Å². The van der Waals surface area contributed by atoms with E-state index in [2.05, 4.69) is 0 Å². The van der Waals surface area contributed by atoms with Gasteiger partial charge in [0.1, 0.15) is 17.3 Å². The Balaban J connectivity index is 2.27. The molecule has 0 fully saturated rings. The van der Waals surface area contributed by atoms with E-state index >= 15 is 0 Å². The molecule has 3 heteroatoms. The average molecular weight is 298 g/mol. The molecule has 0 bridgehead atoms. The highest BCUT2D eigenvalue weighted by atomic mass is 16.5. The van der Waals surface area contributed by atoms with E-state index in [9.17, 15) is 4.79 Å². The van der Waals surface area contributed by atoms with Crippen molar-refractivity contribution < 1.29 is 14.3 Å². The quantitative estimate of drug-likeness (QED) is 0.775. The van der Waals surface area contributed by atoms with Crippen LogP contribution < -0.4 is 9.47 Å². The summed E-state index contributed by atoms with van der Waals surface area (Å²) in [7, 11) is 3.29. The first-order valence-electron chi connectivity index (χ1n) is 7.47. The smallest absolute Gasteiger partial charge is 0.140 e. The molecule has 0 amide bonds. The first-order chi connectivity index (χ1) is 10.7. The summed E-state index contributed by atoms with van der Waals surface area (Å²) in [6, 6.07) is 15.6. The zero-order chi connectivity index (χ0) is 15.9. The third kappa shape index (κ3) is 3.88. The zero-order valence-electron chi connectivity index (χ0n) is 13.3. The lowest BCUT2D eigenvalue weighted by molar-refractivity contribution is -0.120. The molecule has 1 unspecified atom stereocenters. The van der Waals surface area contributed by atoms with E-state index < -0.39 is 0 Å². The van der Waals surface area contributed by atoms with Crippen LogP contribution in [-0.4, -0.2) is 20.0 Å². The molecule has 116 valence electrons. The van der Waals surface area contributed by atoms with Gasteiger partial charge in [-0.25, -0.2) is 0 Å². The van der Waals surface area contributed by atoms with Gasteiger partial charge in [-0.05, 0) is 41.8 Å². The number of hydrogen-bond donors (Lipinski definition) is 0. The highest BCUT2D eigenvalue weighted by Gasteiger charge is 2.19. The Kier molecular flexibility index (Phi) is 5.59. The highest BCUT2D eigenvalue weighted by molar-refractivity contribution is 5.85. The van der Waals surface area contributed by atoms with E-state index in [4.69, 9.17) is 9.47 Å². The van der Waals surface area contributed by atoms with Crippen LogP contribution in [0.3, 0.4) is 0 Å². The summed E-state index contributed by atoms with van der Waals surface area (Å²) >= 11 is 0. The molecule has 3 nitrogen and oxygen atoms in total. The van der Waals surface area contributed by atoms with Gasteiger partial charge in [-0.3, -0.25) is 4.79 Å². The number of carbonyl (C=O) groups is 1. The number of rotatable bonds is 7. The monoisotopic (exact) mass is 298 g/mol. The number of methoxy groups -OCH3 is 2. The van der Waals surface area contributed by atoms with E-state index in [1.807, 2.05) is 55.5 Å². The van der Waals surface area contributed by atoms with E-state index in [-0.39, 0.29) is 11.7 Å².